The molecule has 0 bridgehead atoms. The standard InChI is InChI=1S/C40H68NO12P/c1-6-8-20-26-37(42)48-31-24-18-14-10-12-16-22-28-39(44)50-34-36(35-52-54(46,47)51-33-30-41(3,4)5)53-40(45)29-23-17-13-11-15-19-25-32-49-38(43)27-21-9-7-2/h6-9,20-21,26-27,36H,10-19,22-25,28-35H2,1-5H3/p+1/b8-6+,9-7+,26-20+,27-21+. The zero-order valence-electron chi connectivity index (χ0n) is 33.6. The van der Waals surface area contributed by atoms with E-state index in [9.17, 15) is 28.6 Å². The number of likely N-dealkylation sites (N-methyl/N-ethyl adjacent to an activating group) is 1. The number of phosphoric acid groups is 1. The Morgan fingerprint density at radius 3 is 1.48 bits per heavy atom. The van der Waals surface area contributed by atoms with Gasteiger partial charge in [0.2, 0.25) is 0 Å². The van der Waals surface area contributed by atoms with Crippen LogP contribution in [0.15, 0.2) is 48.6 Å². The van der Waals surface area contributed by atoms with Gasteiger partial charge in [-0.05, 0) is 39.5 Å². The Hall–Kier alpha value is -3.09. The Morgan fingerprint density at radius 2 is 1.02 bits per heavy atom. The number of allylic oxidation sites excluding steroid dienone is 6. The first-order chi connectivity index (χ1) is 25.8. The topological polar surface area (TPSA) is 161 Å². The average molecular weight is 787 g/mol. The van der Waals surface area contributed by atoms with Crippen molar-refractivity contribution in [1.82, 2.24) is 0 Å². The number of hydrogen-bond acceptors (Lipinski definition) is 11. The lowest BCUT2D eigenvalue weighted by molar-refractivity contribution is -0.870. The Kier molecular flexibility index (Phi) is 31.4. The van der Waals surface area contributed by atoms with Crippen molar-refractivity contribution >= 4 is 31.7 Å². The minimum atomic E-state index is -4.42. The third kappa shape index (κ3) is 35.9. The minimum absolute atomic E-state index is 0.0104. The van der Waals surface area contributed by atoms with Crippen LogP contribution in [0.5, 0.6) is 0 Å². The van der Waals surface area contributed by atoms with Gasteiger partial charge in [0, 0.05) is 25.0 Å². The van der Waals surface area contributed by atoms with Crippen LogP contribution in [-0.2, 0) is 51.7 Å². The summed E-state index contributed by atoms with van der Waals surface area (Å²) in [5.41, 5.74) is 0. The number of phosphoric ester groups is 1. The molecule has 13 nitrogen and oxygen atoms in total. The highest BCUT2D eigenvalue weighted by atomic mass is 31.2. The SMILES string of the molecule is C/C=C/C=C/C(=O)OCCCCCCCCCC(=O)OCC(COP(=O)(O)OCC[N+](C)(C)C)OC(=O)CCCCCCCCCOC(=O)/C=C/C=C/C. The fourth-order valence-electron chi connectivity index (χ4n) is 4.71. The zero-order valence-corrected chi connectivity index (χ0v) is 34.5. The van der Waals surface area contributed by atoms with E-state index in [2.05, 4.69) is 0 Å². The molecule has 0 fully saturated rings. The van der Waals surface area contributed by atoms with E-state index in [4.69, 9.17) is 28.0 Å². The van der Waals surface area contributed by atoms with Crippen molar-refractivity contribution in [3.8, 4) is 0 Å². The summed E-state index contributed by atoms with van der Waals surface area (Å²) >= 11 is 0. The molecule has 0 saturated carbocycles. The van der Waals surface area contributed by atoms with Gasteiger partial charge in [-0.2, -0.15) is 0 Å². The molecule has 2 unspecified atom stereocenters. The summed E-state index contributed by atoms with van der Waals surface area (Å²) < 4.78 is 44.3. The molecular formula is C40H69NO12P+. The van der Waals surface area contributed by atoms with E-state index in [0.717, 1.165) is 77.0 Å². The van der Waals surface area contributed by atoms with Gasteiger partial charge in [0.1, 0.15) is 19.8 Å². The highest BCUT2D eigenvalue weighted by Gasteiger charge is 2.27. The third-order valence-electron chi connectivity index (χ3n) is 7.78. The smallest absolute Gasteiger partial charge is 0.463 e. The van der Waals surface area contributed by atoms with Crippen molar-refractivity contribution in [3.05, 3.63) is 48.6 Å². The van der Waals surface area contributed by atoms with Gasteiger partial charge in [0.25, 0.3) is 0 Å². The number of rotatable bonds is 34. The number of hydrogen-bond donors (Lipinski definition) is 1. The van der Waals surface area contributed by atoms with Crippen molar-refractivity contribution < 1.29 is 61.1 Å². The highest BCUT2D eigenvalue weighted by Crippen LogP contribution is 2.43. The molecule has 0 radical (unpaired) electrons. The molecule has 0 spiro atoms. The summed E-state index contributed by atoms with van der Waals surface area (Å²) in [5, 5.41) is 0. The van der Waals surface area contributed by atoms with Gasteiger partial charge in [-0.3, -0.25) is 18.6 Å². The largest absolute Gasteiger partial charge is 0.472 e. The molecule has 14 heteroatoms. The van der Waals surface area contributed by atoms with Crippen LogP contribution < -0.4 is 0 Å². The molecule has 1 N–H and O–H groups in total. The van der Waals surface area contributed by atoms with E-state index in [1.165, 1.54) is 12.2 Å². The van der Waals surface area contributed by atoms with Crippen LogP contribution in [-0.4, -0.2) is 100 Å². The predicted molar refractivity (Wildman–Crippen MR) is 209 cm³/mol. The maximum Gasteiger partial charge on any atom is 0.472 e. The summed E-state index contributed by atoms with van der Waals surface area (Å²) in [6.45, 7) is 4.21. The normalized spacial score (nSPS) is 13.8. The van der Waals surface area contributed by atoms with Crippen molar-refractivity contribution in [2.75, 3.05) is 60.7 Å². The molecule has 0 aliphatic rings. The Balaban J connectivity index is 4.46. The van der Waals surface area contributed by atoms with Crippen LogP contribution in [0.3, 0.4) is 0 Å². The molecule has 0 saturated heterocycles. The van der Waals surface area contributed by atoms with Crippen LogP contribution in [0, 0.1) is 0 Å². The van der Waals surface area contributed by atoms with Crippen LogP contribution in [0.4, 0.5) is 0 Å². The highest BCUT2D eigenvalue weighted by molar-refractivity contribution is 7.47. The van der Waals surface area contributed by atoms with Crippen LogP contribution in [0.25, 0.3) is 0 Å². The number of carbonyl (C=O) groups is 4. The van der Waals surface area contributed by atoms with E-state index in [1.807, 2.05) is 47.1 Å². The fourth-order valence-corrected chi connectivity index (χ4v) is 5.45. The van der Waals surface area contributed by atoms with E-state index >= 15 is 0 Å². The molecule has 0 rings (SSSR count). The van der Waals surface area contributed by atoms with Crippen molar-refractivity contribution in [3.63, 3.8) is 0 Å². The molecule has 0 amide bonds. The van der Waals surface area contributed by atoms with Crippen molar-refractivity contribution in [1.29, 1.82) is 0 Å². The average Bonchev–Trinajstić information content (AvgIpc) is 3.10. The number of unbranched alkanes of at least 4 members (excludes halogenated alkanes) is 12. The van der Waals surface area contributed by atoms with Crippen LogP contribution in [0.2, 0.25) is 0 Å². The molecule has 0 heterocycles. The van der Waals surface area contributed by atoms with Gasteiger partial charge in [-0.25, -0.2) is 14.2 Å². The second kappa shape index (κ2) is 33.3. The van der Waals surface area contributed by atoms with E-state index in [-0.39, 0.29) is 38.0 Å². The number of quaternary nitrogens is 1. The quantitative estimate of drug-likeness (QED) is 0.0128. The van der Waals surface area contributed by atoms with Gasteiger partial charge >= 0.3 is 31.7 Å². The molecule has 0 aliphatic carbocycles. The molecule has 2 atom stereocenters. The van der Waals surface area contributed by atoms with Crippen LogP contribution in [0.1, 0.15) is 117 Å². The molecule has 0 aromatic rings. The van der Waals surface area contributed by atoms with Gasteiger partial charge in [-0.15, -0.1) is 0 Å². The van der Waals surface area contributed by atoms with Crippen molar-refractivity contribution in [2.45, 2.75) is 123 Å². The Bertz CT molecular complexity index is 1190. The monoisotopic (exact) mass is 786 g/mol. The van der Waals surface area contributed by atoms with Gasteiger partial charge < -0.3 is 28.3 Å². The molecular weight excluding hydrogens is 717 g/mol. The zero-order chi connectivity index (χ0) is 40.3. The first-order valence-electron chi connectivity index (χ1n) is 19.5. The van der Waals surface area contributed by atoms with Crippen LogP contribution >= 0.6 is 7.82 Å². The number of carbonyl (C=O) groups excluding carboxylic acids is 4. The number of nitrogens with zero attached hydrogens (tertiary/aromatic N) is 1. The Labute approximate surface area is 324 Å². The second-order valence-corrected chi connectivity index (χ2v) is 15.4. The summed E-state index contributed by atoms with van der Waals surface area (Å²) in [6.07, 6.45) is 24.9. The minimum Gasteiger partial charge on any atom is -0.463 e. The number of esters is 4. The maximum atomic E-state index is 12.6. The maximum absolute atomic E-state index is 12.6. The first kappa shape index (κ1) is 50.9. The number of ether oxygens (including phenoxy) is 4. The summed E-state index contributed by atoms with van der Waals surface area (Å²) in [5.74, 6) is -1.66. The molecule has 0 aromatic carbocycles. The first-order valence-corrected chi connectivity index (χ1v) is 21.0. The molecule has 54 heavy (non-hydrogen) atoms. The summed E-state index contributed by atoms with van der Waals surface area (Å²) in [6, 6.07) is 0. The molecule has 0 aliphatic heterocycles. The predicted octanol–water partition coefficient (Wildman–Crippen LogP) is 7.87. The van der Waals surface area contributed by atoms with Gasteiger partial charge in [0.15, 0.2) is 6.10 Å². The summed E-state index contributed by atoms with van der Waals surface area (Å²) in [7, 11) is 1.33. The fraction of sp³-hybridized carbons (Fsp3) is 0.700. The van der Waals surface area contributed by atoms with Crippen molar-refractivity contribution in [2.24, 2.45) is 0 Å². The lowest BCUT2D eigenvalue weighted by atomic mass is 10.1. The van der Waals surface area contributed by atoms with E-state index in [0.29, 0.717) is 37.1 Å². The van der Waals surface area contributed by atoms with E-state index < -0.39 is 32.5 Å². The van der Waals surface area contributed by atoms with Gasteiger partial charge in [0.05, 0.1) is 41.0 Å². The lowest BCUT2D eigenvalue weighted by Gasteiger charge is -2.24. The second-order valence-electron chi connectivity index (χ2n) is 14.0. The Morgan fingerprint density at radius 1 is 0.574 bits per heavy atom. The summed E-state index contributed by atoms with van der Waals surface area (Å²) in [4.78, 5) is 58.3. The van der Waals surface area contributed by atoms with Gasteiger partial charge in [-0.1, -0.05) is 101 Å². The molecule has 0 aromatic heterocycles. The van der Waals surface area contributed by atoms with E-state index in [1.54, 1.807) is 24.3 Å². The molecule has 310 valence electrons. The third-order valence-corrected chi connectivity index (χ3v) is 8.76. The lowest BCUT2D eigenvalue weighted by Crippen LogP contribution is -2.37.